The van der Waals surface area contributed by atoms with Gasteiger partial charge in [-0.3, -0.25) is 9.78 Å². The van der Waals surface area contributed by atoms with Crippen molar-refractivity contribution in [1.29, 1.82) is 0 Å². The van der Waals surface area contributed by atoms with E-state index in [1.54, 1.807) is 38.6 Å². The van der Waals surface area contributed by atoms with Crippen LogP contribution in [-0.2, 0) is 25.4 Å². The van der Waals surface area contributed by atoms with E-state index in [4.69, 9.17) is 14.2 Å². The molecule has 3 aliphatic rings. The molecule has 1 amide bonds. The van der Waals surface area contributed by atoms with E-state index >= 15 is 0 Å². The summed E-state index contributed by atoms with van der Waals surface area (Å²) in [6, 6.07) is 1.36. The average Bonchev–Trinajstić information content (AvgIpc) is 2.75. The Kier molecular flexibility index (Phi) is 6.80. The molecular weight excluding hydrogens is 420 g/mol. The van der Waals surface area contributed by atoms with Gasteiger partial charge in [0.2, 0.25) is 18.0 Å². The number of hydrogen-bond donors (Lipinski definition) is 6. The van der Waals surface area contributed by atoms with Gasteiger partial charge in [-0.25, -0.2) is 0 Å². The number of nitrogens with one attached hydrogen (secondary N) is 3. The van der Waals surface area contributed by atoms with Gasteiger partial charge >= 0.3 is 0 Å². The number of aromatic nitrogens is 1. The van der Waals surface area contributed by atoms with Crippen molar-refractivity contribution in [2.45, 2.75) is 80.5 Å². The van der Waals surface area contributed by atoms with Crippen LogP contribution in [0.5, 0.6) is 0 Å². The molecule has 0 aromatic carbocycles. The second-order valence-electron chi connectivity index (χ2n) is 8.71. The number of aliphatic hydroxyl groups is 3. The summed E-state index contributed by atoms with van der Waals surface area (Å²) < 4.78 is 17.9. The first kappa shape index (κ1) is 23.5. The van der Waals surface area contributed by atoms with Gasteiger partial charge in [0.05, 0.1) is 36.8 Å². The van der Waals surface area contributed by atoms with Gasteiger partial charge in [-0.2, -0.15) is 0 Å². The molecule has 11 nitrogen and oxygen atoms in total. The van der Waals surface area contributed by atoms with Crippen molar-refractivity contribution in [2.24, 2.45) is 0 Å². The van der Waals surface area contributed by atoms with E-state index in [1.165, 1.54) is 0 Å². The summed E-state index contributed by atoms with van der Waals surface area (Å²) in [5.74, 6) is -2.29. The van der Waals surface area contributed by atoms with Crippen molar-refractivity contribution in [3.8, 4) is 0 Å². The van der Waals surface area contributed by atoms with Gasteiger partial charge in [-0.05, 0) is 45.1 Å². The zero-order valence-electron chi connectivity index (χ0n) is 18.3. The van der Waals surface area contributed by atoms with Crippen molar-refractivity contribution < 1.29 is 34.3 Å². The Morgan fingerprint density at radius 3 is 2.47 bits per heavy atom. The third-order valence-electron chi connectivity index (χ3n) is 6.60. The van der Waals surface area contributed by atoms with Crippen LogP contribution in [0.2, 0.25) is 0 Å². The molecule has 11 heteroatoms. The summed E-state index contributed by atoms with van der Waals surface area (Å²) in [4.78, 5) is 16.7. The Balaban J connectivity index is 1.56. The first-order chi connectivity index (χ1) is 15.3. The van der Waals surface area contributed by atoms with Gasteiger partial charge < -0.3 is 45.5 Å². The van der Waals surface area contributed by atoms with E-state index in [0.717, 1.165) is 5.56 Å². The van der Waals surface area contributed by atoms with Crippen LogP contribution >= 0.6 is 0 Å². The molecule has 6 N–H and O–H groups in total. The number of hydrogen-bond acceptors (Lipinski definition) is 10. The minimum absolute atomic E-state index is 0.113. The topological polar surface area (TPSA) is 154 Å². The van der Waals surface area contributed by atoms with Crippen molar-refractivity contribution in [3.05, 3.63) is 30.1 Å². The molecule has 1 aromatic rings. The molecule has 1 saturated carbocycles. The first-order valence-corrected chi connectivity index (χ1v) is 10.9. The lowest BCUT2D eigenvalue weighted by Gasteiger charge is -2.58. The highest BCUT2D eigenvalue weighted by atomic mass is 16.8. The van der Waals surface area contributed by atoms with Gasteiger partial charge in [-0.1, -0.05) is 0 Å². The average molecular weight is 453 g/mol. The number of amides is 1. The summed E-state index contributed by atoms with van der Waals surface area (Å²) in [6.07, 6.45) is -1.79. The van der Waals surface area contributed by atoms with Gasteiger partial charge in [-0.15, -0.1) is 0 Å². The summed E-state index contributed by atoms with van der Waals surface area (Å²) in [5, 5.41) is 41.8. The van der Waals surface area contributed by atoms with Gasteiger partial charge in [0, 0.05) is 12.4 Å². The molecule has 3 unspecified atom stereocenters. The standard InChI is InChI=1S/C21H32N4O7/c1-10-8-12(25-13(26)9-11-4-6-24-7-5-11)21(29)20(30-10)31-19-17(28)14(22-2)16(27)15(23-3)18(19)32-21/h4-7,10,12,14-20,22-23,27-29H,8-9H2,1-3H3,(H,25,26)/t10-,12-,14-,15+,16+,17+,18?,19?,20?,21+/m1/s1. The molecule has 3 heterocycles. The van der Waals surface area contributed by atoms with Crippen molar-refractivity contribution in [2.75, 3.05) is 14.1 Å². The van der Waals surface area contributed by atoms with Crippen LogP contribution in [0.1, 0.15) is 18.9 Å². The summed E-state index contributed by atoms with van der Waals surface area (Å²) in [7, 11) is 3.29. The fourth-order valence-corrected chi connectivity index (χ4v) is 4.95. The molecule has 1 aromatic heterocycles. The van der Waals surface area contributed by atoms with E-state index in [9.17, 15) is 20.1 Å². The lowest BCUT2D eigenvalue weighted by atomic mass is 9.79. The third kappa shape index (κ3) is 4.15. The molecule has 10 atom stereocenters. The highest BCUT2D eigenvalue weighted by Gasteiger charge is 2.63. The molecule has 32 heavy (non-hydrogen) atoms. The lowest BCUT2D eigenvalue weighted by Crippen LogP contribution is -2.79. The van der Waals surface area contributed by atoms with E-state index in [2.05, 4.69) is 20.9 Å². The number of carbonyl (C=O) groups excluding carboxylic acids is 1. The second kappa shape index (κ2) is 9.27. The first-order valence-electron chi connectivity index (χ1n) is 10.9. The van der Waals surface area contributed by atoms with Gasteiger partial charge in [0.1, 0.15) is 18.3 Å². The van der Waals surface area contributed by atoms with Gasteiger partial charge in [0.15, 0.2) is 0 Å². The minimum atomic E-state index is -2.00. The van der Waals surface area contributed by atoms with Crippen molar-refractivity contribution in [3.63, 3.8) is 0 Å². The highest BCUT2D eigenvalue weighted by molar-refractivity contribution is 5.79. The quantitative estimate of drug-likeness (QED) is 0.286. The van der Waals surface area contributed by atoms with Crippen LogP contribution in [0, 0.1) is 0 Å². The highest BCUT2D eigenvalue weighted by Crippen LogP contribution is 2.41. The zero-order chi connectivity index (χ0) is 23.0. The van der Waals surface area contributed by atoms with Crippen LogP contribution in [0.15, 0.2) is 24.5 Å². The van der Waals surface area contributed by atoms with E-state index < -0.39 is 54.6 Å². The molecule has 1 aliphatic carbocycles. The lowest BCUT2D eigenvalue weighted by molar-refractivity contribution is -0.449. The van der Waals surface area contributed by atoms with Gasteiger partial charge in [0.25, 0.3) is 0 Å². The SMILES string of the molecule is CN[C@@H]1[C@H](O)[C@H](NC)C2O[C@]3(O)C(OC2[C@H]1O)O[C@H](C)C[C@H]3NC(=O)Cc1ccncc1. The summed E-state index contributed by atoms with van der Waals surface area (Å²) in [5.41, 5.74) is 0.786. The van der Waals surface area contributed by atoms with Crippen molar-refractivity contribution in [1.82, 2.24) is 20.9 Å². The number of nitrogens with zero attached hydrogens (tertiary/aromatic N) is 1. The maximum absolute atomic E-state index is 12.7. The number of ether oxygens (including phenoxy) is 3. The smallest absolute Gasteiger partial charge is 0.239 e. The van der Waals surface area contributed by atoms with Crippen LogP contribution in [-0.4, -0.2) is 101 Å². The fraction of sp³-hybridized carbons (Fsp3) is 0.714. The minimum Gasteiger partial charge on any atom is -0.390 e. The van der Waals surface area contributed by atoms with Crippen LogP contribution in [0.25, 0.3) is 0 Å². The molecule has 0 radical (unpaired) electrons. The van der Waals surface area contributed by atoms with Crippen molar-refractivity contribution >= 4 is 5.91 Å². The van der Waals surface area contributed by atoms with Crippen LogP contribution in [0.3, 0.4) is 0 Å². The number of fused-ring (bicyclic) bond motifs is 2. The molecular formula is C21H32N4O7. The maximum atomic E-state index is 12.7. The predicted molar refractivity (Wildman–Crippen MR) is 111 cm³/mol. The molecule has 3 fully saturated rings. The Hall–Kier alpha value is -1.70. The molecule has 0 bridgehead atoms. The molecule has 4 rings (SSSR count). The number of rotatable bonds is 5. The fourth-order valence-electron chi connectivity index (χ4n) is 4.95. The Labute approximate surface area is 186 Å². The summed E-state index contributed by atoms with van der Waals surface area (Å²) in [6.45, 7) is 1.81. The van der Waals surface area contributed by atoms with E-state index in [0.29, 0.717) is 6.42 Å². The Morgan fingerprint density at radius 2 is 1.81 bits per heavy atom. The Bertz CT molecular complexity index is 802. The van der Waals surface area contributed by atoms with E-state index in [1.807, 2.05) is 6.92 Å². The molecule has 2 aliphatic heterocycles. The maximum Gasteiger partial charge on any atom is 0.239 e. The molecule has 2 saturated heterocycles. The molecule has 178 valence electrons. The van der Waals surface area contributed by atoms with Crippen LogP contribution < -0.4 is 16.0 Å². The third-order valence-corrected chi connectivity index (χ3v) is 6.60. The second-order valence-corrected chi connectivity index (χ2v) is 8.71. The normalized spacial score (nSPS) is 43.8. The number of aliphatic hydroxyl groups excluding tert-OH is 2. The monoisotopic (exact) mass is 452 g/mol. The Morgan fingerprint density at radius 1 is 1.12 bits per heavy atom. The predicted octanol–water partition coefficient (Wildman–Crippen LogP) is -2.37. The zero-order valence-corrected chi connectivity index (χ0v) is 18.3. The molecule has 0 spiro atoms. The largest absolute Gasteiger partial charge is 0.390 e. The number of pyridine rings is 1. The number of likely N-dealkylation sites (N-methyl/N-ethyl adjacent to an activating group) is 2. The van der Waals surface area contributed by atoms with Crippen LogP contribution in [0.4, 0.5) is 0 Å². The van der Waals surface area contributed by atoms with E-state index in [-0.39, 0.29) is 18.4 Å². The summed E-state index contributed by atoms with van der Waals surface area (Å²) >= 11 is 0. The number of carbonyl (C=O) groups is 1.